The molecular weight excluding hydrogens is 829 g/mol. The Morgan fingerprint density at radius 3 is 2.73 bits per heavy atom. The van der Waals surface area contributed by atoms with E-state index in [2.05, 4.69) is 66.4 Å². The molecule has 64 heavy (non-hydrogen) atoms. The van der Waals surface area contributed by atoms with Crippen LogP contribution in [0.3, 0.4) is 0 Å². The van der Waals surface area contributed by atoms with Crippen LogP contribution in [0.4, 0.5) is 0 Å². The number of carbonyl (C=O) groups excluding carboxylic acids is 3. The number of aryl methyl sites for hydroxylation is 2. The second kappa shape index (κ2) is 17.5. The van der Waals surface area contributed by atoms with Gasteiger partial charge in [0.25, 0.3) is 5.91 Å². The molecule has 2 fully saturated rings. The number of benzene rings is 1. The van der Waals surface area contributed by atoms with Gasteiger partial charge in [-0.1, -0.05) is 26.8 Å². The number of nitrogens with zero attached hydrogens (tertiary/aromatic N) is 6. The minimum Gasteiger partial charge on any atom is -0.464 e. The van der Waals surface area contributed by atoms with Gasteiger partial charge < -0.3 is 28.7 Å². The molecule has 9 rings (SSSR count). The molecule has 1 saturated carbocycles. The average molecular weight is 887 g/mol. The van der Waals surface area contributed by atoms with E-state index in [0.717, 1.165) is 61.3 Å². The van der Waals surface area contributed by atoms with Crippen molar-refractivity contribution in [3.8, 4) is 22.5 Å². The van der Waals surface area contributed by atoms with Crippen LogP contribution in [0.2, 0.25) is 0 Å². The van der Waals surface area contributed by atoms with E-state index in [9.17, 15) is 14.4 Å². The molecule has 2 amide bonds. The summed E-state index contributed by atoms with van der Waals surface area (Å²) in [5.74, 6) is -1.59. The summed E-state index contributed by atoms with van der Waals surface area (Å²) in [6, 6.07) is 12.7. The number of esters is 1. The monoisotopic (exact) mass is 886 g/mol. The minimum atomic E-state index is -1.15. The third kappa shape index (κ3) is 8.01. The molecule has 7 heterocycles. The zero-order valence-electron chi connectivity index (χ0n) is 37.9. The van der Waals surface area contributed by atoms with E-state index in [1.165, 1.54) is 16.3 Å². The van der Waals surface area contributed by atoms with Crippen molar-refractivity contribution in [3.63, 3.8) is 0 Å². The van der Waals surface area contributed by atoms with Crippen molar-refractivity contribution in [1.29, 1.82) is 0 Å². The minimum absolute atomic E-state index is 0.00696. The number of ether oxygens (including phenoxy) is 3. The van der Waals surface area contributed by atoms with Crippen LogP contribution >= 0.6 is 11.3 Å². The molecule has 6 bridgehead atoms. The van der Waals surface area contributed by atoms with Gasteiger partial charge in [-0.05, 0) is 87.9 Å². The van der Waals surface area contributed by atoms with E-state index >= 15 is 0 Å². The Kier molecular flexibility index (Phi) is 12.0. The van der Waals surface area contributed by atoms with Gasteiger partial charge in [0.1, 0.15) is 23.2 Å². The van der Waals surface area contributed by atoms with E-state index in [-0.39, 0.29) is 37.1 Å². The molecule has 14 nitrogen and oxygen atoms in total. The Hall–Kier alpha value is -5.48. The first kappa shape index (κ1) is 43.8. The number of hydrogen-bond acceptors (Lipinski definition) is 11. The summed E-state index contributed by atoms with van der Waals surface area (Å²) >= 11 is 1.40. The highest BCUT2D eigenvalue weighted by Crippen LogP contribution is 2.54. The van der Waals surface area contributed by atoms with Gasteiger partial charge in [0, 0.05) is 102 Å². The van der Waals surface area contributed by atoms with Crippen molar-refractivity contribution < 1.29 is 28.6 Å². The second-order valence-corrected chi connectivity index (χ2v) is 19.2. The molecule has 15 heteroatoms. The summed E-state index contributed by atoms with van der Waals surface area (Å²) in [4.78, 5) is 58.1. The molecule has 3 aliphatic rings. The first-order chi connectivity index (χ1) is 30.8. The van der Waals surface area contributed by atoms with Crippen molar-refractivity contribution in [1.82, 2.24) is 39.8 Å². The van der Waals surface area contributed by atoms with Crippen molar-refractivity contribution in [2.45, 2.75) is 97.6 Å². The molecule has 2 N–H and O–H groups in total. The van der Waals surface area contributed by atoms with E-state index in [4.69, 9.17) is 29.2 Å². The first-order valence-electron chi connectivity index (χ1n) is 22.5. The van der Waals surface area contributed by atoms with E-state index in [1.54, 1.807) is 13.3 Å². The summed E-state index contributed by atoms with van der Waals surface area (Å²) in [7, 11) is 3.68. The maximum atomic E-state index is 14.9. The normalized spacial score (nSPS) is 24.1. The fourth-order valence-corrected chi connectivity index (χ4v) is 10.8. The molecule has 7 atom stereocenters. The third-order valence-electron chi connectivity index (χ3n) is 13.4. The van der Waals surface area contributed by atoms with E-state index < -0.39 is 41.4 Å². The van der Waals surface area contributed by atoms with Crippen LogP contribution < -0.4 is 10.7 Å². The topological polar surface area (TPSA) is 155 Å². The van der Waals surface area contributed by atoms with Crippen LogP contribution in [0.15, 0.2) is 66.4 Å². The number of pyridine rings is 2. The predicted octanol–water partition coefficient (Wildman–Crippen LogP) is 7.67. The Bertz CT molecular complexity index is 2740. The van der Waals surface area contributed by atoms with E-state index in [1.807, 2.05) is 62.3 Å². The maximum Gasteiger partial charge on any atom is 0.324 e. The zero-order valence-corrected chi connectivity index (χ0v) is 38.7. The number of carbonyl (C=O) groups is 3. The van der Waals surface area contributed by atoms with Gasteiger partial charge in [0.2, 0.25) is 5.91 Å². The van der Waals surface area contributed by atoms with Crippen LogP contribution in [-0.4, -0.2) is 85.8 Å². The highest BCUT2D eigenvalue weighted by atomic mass is 32.1. The molecule has 1 aromatic carbocycles. The number of rotatable bonds is 9. The van der Waals surface area contributed by atoms with Crippen molar-refractivity contribution >= 4 is 50.9 Å². The van der Waals surface area contributed by atoms with Gasteiger partial charge in [-0.3, -0.25) is 29.4 Å². The number of amides is 2. The number of aromatic nitrogens is 5. The largest absolute Gasteiger partial charge is 0.464 e. The number of cyclic esters (lactones) is 1. The summed E-state index contributed by atoms with van der Waals surface area (Å²) in [5.41, 5.74) is 11.3. The Labute approximate surface area is 377 Å². The molecule has 1 aliphatic carbocycles. The lowest BCUT2D eigenvalue weighted by molar-refractivity contribution is -0.156. The molecule has 1 saturated heterocycles. The lowest BCUT2D eigenvalue weighted by Gasteiger charge is -2.37. The Morgan fingerprint density at radius 1 is 1.12 bits per heavy atom. The first-order valence-corrected chi connectivity index (χ1v) is 23.4. The van der Waals surface area contributed by atoms with Crippen LogP contribution in [-0.2, 0) is 48.6 Å². The molecule has 2 aliphatic heterocycles. The van der Waals surface area contributed by atoms with Crippen molar-refractivity contribution in [2.24, 2.45) is 24.3 Å². The predicted molar refractivity (Wildman–Crippen MR) is 246 cm³/mol. The summed E-state index contributed by atoms with van der Waals surface area (Å²) in [6.45, 7) is 13.8. The van der Waals surface area contributed by atoms with E-state index in [0.29, 0.717) is 37.4 Å². The van der Waals surface area contributed by atoms with Crippen molar-refractivity contribution in [3.05, 3.63) is 88.4 Å². The summed E-state index contributed by atoms with van der Waals surface area (Å²) in [5, 5.41) is 9.29. The smallest absolute Gasteiger partial charge is 0.324 e. The summed E-state index contributed by atoms with van der Waals surface area (Å²) in [6.07, 6.45) is 6.13. The summed E-state index contributed by atoms with van der Waals surface area (Å²) < 4.78 is 22.8. The molecule has 0 unspecified atom stereocenters. The van der Waals surface area contributed by atoms with Crippen LogP contribution in [0.25, 0.3) is 44.3 Å². The Balaban J connectivity index is 1.13. The third-order valence-corrected chi connectivity index (χ3v) is 14.3. The number of fused-ring (bicyclic) bond motifs is 7. The number of hydrazine groups is 1. The average Bonchev–Trinajstić information content (AvgIpc) is 3.58. The van der Waals surface area contributed by atoms with Gasteiger partial charge in [-0.25, -0.2) is 10.4 Å². The van der Waals surface area contributed by atoms with Crippen LogP contribution in [0, 0.1) is 17.3 Å². The molecule has 6 aromatic rings. The molecular formula is C49H58N8O6S. The lowest BCUT2D eigenvalue weighted by Crippen LogP contribution is -2.61. The molecule has 0 radical (unpaired) electrons. The number of hydrogen-bond donors (Lipinski definition) is 2. The van der Waals surface area contributed by atoms with Crippen LogP contribution in [0.1, 0.15) is 94.5 Å². The standard InChI is InChI=1S/C49H58N8O6S/c1-9-56-37-16-15-29-21-32(37)33(43(56)31-13-11-18-50-41(31)28(4)61-8)23-49(5,6)26-63-48(60)34-14-12-19-57(54-34)47(59)42(44(62-10-2)46-52-36(29)25-64-46)53-45(58)40-27(3)39(40)35-22-30-17-20-55(7)38(30)24-51-35/h11,13,15-18,20-22,24-25,27-28,34,39-40,42,44,54H,9-10,12,14,19,23,26H2,1-8H3,(H,53,58)/t27-,28+,34+,39-,40+,42+,44+/m1/s1. The van der Waals surface area contributed by atoms with Crippen LogP contribution in [0.5, 0.6) is 0 Å². The quantitative estimate of drug-likeness (QED) is 0.138. The van der Waals surface area contributed by atoms with Gasteiger partial charge in [0.05, 0.1) is 41.5 Å². The van der Waals surface area contributed by atoms with Crippen molar-refractivity contribution in [2.75, 3.05) is 26.9 Å². The van der Waals surface area contributed by atoms with Gasteiger partial charge in [-0.15, -0.1) is 11.3 Å². The maximum absolute atomic E-state index is 14.9. The molecule has 5 aromatic heterocycles. The number of methoxy groups -OCH3 is 1. The van der Waals surface area contributed by atoms with Gasteiger partial charge in [0.15, 0.2) is 0 Å². The SMILES string of the molecule is CCO[C@@H]1c2nc(cs2)-c2ccc3c(c2)c(c(-c2cccnc2[C@H](C)OC)n3CC)CC(C)(C)COC(=O)[C@@H]2CCCN(N2)C(=O)[C@H]1NC(=O)[C@H]1[C@H](C)[C@@H]1c1cc2ccn(C)c2cn1. The second-order valence-electron chi connectivity index (χ2n) is 18.3. The highest BCUT2D eigenvalue weighted by Gasteiger charge is 2.54. The fraction of sp³-hybridized carbons (Fsp3) is 0.469. The number of thiazole rings is 1. The lowest BCUT2D eigenvalue weighted by atomic mass is 9.84. The highest BCUT2D eigenvalue weighted by molar-refractivity contribution is 7.10. The molecule has 336 valence electrons. The molecule has 0 spiro atoms. The van der Waals surface area contributed by atoms with Gasteiger partial charge >= 0.3 is 5.97 Å². The Morgan fingerprint density at radius 2 is 1.95 bits per heavy atom. The van der Waals surface area contributed by atoms with Gasteiger partial charge in [-0.2, -0.15) is 0 Å². The number of nitrogens with one attached hydrogen (secondary N) is 2. The zero-order chi connectivity index (χ0) is 45.0. The fourth-order valence-electron chi connectivity index (χ4n) is 9.87.